The summed E-state index contributed by atoms with van der Waals surface area (Å²) in [5.41, 5.74) is 8.58. The zero-order chi connectivity index (χ0) is 36.8. The van der Waals surface area contributed by atoms with Gasteiger partial charge in [-0.15, -0.1) is 11.3 Å². The van der Waals surface area contributed by atoms with Crippen molar-refractivity contribution in [2.24, 2.45) is 0 Å². The molecule has 1 nitrogen and oxygen atoms in total. The minimum absolute atomic E-state index is 0.924. The number of para-hydroxylation sites is 1. The monoisotopic (exact) mass is 710 g/mol. The maximum absolute atomic E-state index is 6.25. The van der Waals surface area contributed by atoms with E-state index in [1.807, 2.05) is 35.6 Å². The van der Waals surface area contributed by atoms with Gasteiger partial charge in [0, 0.05) is 30.9 Å². The fraction of sp³-hybridized carbons (Fsp3) is 0.0385. The number of rotatable bonds is 5. The molecule has 0 atom stereocenters. The molecule has 9 aromatic rings. The largest absolute Gasteiger partial charge is 0.456 e. The molecule has 9 rings (SSSR count). The lowest BCUT2D eigenvalue weighted by atomic mass is 9.93. The molecule has 0 saturated heterocycles. The topological polar surface area (TPSA) is 13.1 Å². The second-order valence-corrected chi connectivity index (χ2v) is 14.9. The minimum Gasteiger partial charge on any atom is -0.456 e. The van der Waals surface area contributed by atoms with Gasteiger partial charge in [0.15, 0.2) is 0 Å². The van der Waals surface area contributed by atoms with Crippen LogP contribution in [0.1, 0.15) is 30.5 Å². The summed E-state index contributed by atoms with van der Waals surface area (Å²) in [6.07, 6.45) is 6.69. The Bertz CT molecular complexity index is 3220. The number of hydrogen-bond donors (Lipinski definition) is 0. The lowest BCUT2D eigenvalue weighted by Crippen LogP contribution is -2.21. The van der Waals surface area contributed by atoms with E-state index < -0.39 is 0 Å². The Kier molecular flexibility index (Phi) is 8.54. The molecule has 2 aromatic heterocycles. The van der Waals surface area contributed by atoms with Crippen molar-refractivity contribution in [1.29, 1.82) is 0 Å². The van der Waals surface area contributed by atoms with E-state index in [4.69, 9.17) is 4.42 Å². The lowest BCUT2D eigenvalue weighted by molar-refractivity contribution is 0.669. The van der Waals surface area contributed by atoms with Gasteiger partial charge in [0.2, 0.25) is 0 Å². The Morgan fingerprint density at radius 2 is 1.28 bits per heavy atom. The van der Waals surface area contributed by atoms with Gasteiger partial charge in [-0.3, -0.25) is 0 Å². The maximum atomic E-state index is 6.25. The molecule has 0 aliphatic rings. The number of benzene rings is 6. The zero-order valence-corrected chi connectivity index (χ0v) is 31.2. The van der Waals surface area contributed by atoms with Crippen molar-refractivity contribution >= 4 is 104 Å². The SMILES string of the molecule is C=C(/C=c1/ccccc1=C)c1ccccccc(/C(C)=C/C(=C\C)c2ccc3sc4cc5ccc6oc7ccccc7c6c5cc4c3c2)c2ccccc12. The van der Waals surface area contributed by atoms with Crippen LogP contribution in [0.2, 0.25) is 0 Å². The third kappa shape index (κ3) is 5.91. The number of furan rings is 1. The third-order valence-electron chi connectivity index (χ3n) is 10.5. The van der Waals surface area contributed by atoms with Crippen molar-refractivity contribution < 1.29 is 4.42 Å². The number of allylic oxidation sites excluding steroid dienone is 5. The average molecular weight is 711 g/mol. The molecule has 54 heavy (non-hydrogen) atoms. The van der Waals surface area contributed by atoms with E-state index in [9.17, 15) is 0 Å². The summed E-state index contributed by atoms with van der Waals surface area (Å²) >= 11 is 1.86. The fourth-order valence-electron chi connectivity index (χ4n) is 7.77. The standard InChI is InChI=1S/C52H38OS/c1-5-36(28-34(3)40-18-8-6-7-9-19-41(43-21-13-12-20-42(40)43)35(4)29-37-17-11-10-16-33(37)2)38-25-27-50-46(30-38)47-32-45-39(31-51(47)54-50)24-26-49-52(45)44-22-14-15-23-48(44)53-49/h5-32H,2,4H2,1,3H3/b7-6?,8-6?,9-7?,18-8?,19-9?,34-28+,36-5+,37-29-,40-18?,41-19?,42-40?,43-41?. The van der Waals surface area contributed by atoms with Crippen molar-refractivity contribution in [3.05, 3.63) is 198 Å². The molecule has 2 heteroatoms. The first kappa shape index (κ1) is 33.4. The molecule has 0 aliphatic heterocycles. The van der Waals surface area contributed by atoms with Crippen LogP contribution in [0.3, 0.4) is 0 Å². The molecule has 0 amide bonds. The Morgan fingerprint density at radius 3 is 2.07 bits per heavy atom. The Balaban J connectivity index is 1.18. The lowest BCUT2D eigenvalue weighted by Gasteiger charge is -2.11. The fourth-order valence-corrected chi connectivity index (χ4v) is 8.89. The smallest absolute Gasteiger partial charge is 0.136 e. The van der Waals surface area contributed by atoms with Gasteiger partial charge in [0.25, 0.3) is 0 Å². The van der Waals surface area contributed by atoms with Crippen molar-refractivity contribution in [3.63, 3.8) is 0 Å². The highest BCUT2D eigenvalue weighted by molar-refractivity contribution is 7.25. The van der Waals surface area contributed by atoms with E-state index in [0.717, 1.165) is 54.5 Å². The quantitative estimate of drug-likeness (QED) is 0.162. The number of thiophene rings is 1. The van der Waals surface area contributed by atoms with Crippen molar-refractivity contribution in [2.75, 3.05) is 0 Å². The van der Waals surface area contributed by atoms with Crippen molar-refractivity contribution in [3.8, 4) is 0 Å². The molecule has 7 aromatic carbocycles. The van der Waals surface area contributed by atoms with Crippen LogP contribution in [-0.2, 0) is 0 Å². The van der Waals surface area contributed by atoms with Crippen LogP contribution in [0, 0.1) is 0 Å². The Morgan fingerprint density at radius 1 is 0.593 bits per heavy atom. The van der Waals surface area contributed by atoms with Gasteiger partial charge in [0.05, 0.1) is 0 Å². The molecular formula is C52H38OS. The van der Waals surface area contributed by atoms with Crippen LogP contribution in [-0.4, -0.2) is 0 Å². The van der Waals surface area contributed by atoms with Crippen LogP contribution in [0.4, 0.5) is 0 Å². The van der Waals surface area contributed by atoms with Gasteiger partial charge in [-0.05, 0) is 122 Å². The van der Waals surface area contributed by atoms with Gasteiger partial charge >= 0.3 is 0 Å². The second kappa shape index (κ2) is 13.8. The maximum Gasteiger partial charge on any atom is 0.136 e. The van der Waals surface area contributed by atoms with E-state index in [0.29, 0.717) is 0 Å². The molecule has 0 aliphatic carbocycles. The van der Waals surface area contributed by atoms with Gasteiger partial charge in [0.1, 0.15) is 11.2 Å². The third-order valence-corrected chi connectivity index (χ3v) is 11.6. The van der Waals surface area contributed by atoms with Crippen LogP contribution >= 0.6 is 11.3 Å². The average Bonchev–Trinajstić information content (AvgIpc) is 3.76. The van der Waals surface area contributed by atoms with Crippen molar-refractivity contribution in [1.82, 2.24) is 0 Å². The van der Waals surface area contributed by atoms with Crippen LogP contribution in [0.25, 0.3) is 93.0 Å². The zero-order valence-electron chi connectivity index (χ0n) is 30.4. The van der Waals surface area contributed by atoms with Crippen LogP contribution < -0.4 is 10.4 Å². The predicted molar refractivity (Wildman–Crippen MR) is 238 cm³/mol. The normalized spacial score (nSPS) is 12.7. The highest BCUT2D eigenvalue weighted by Gasteiger charge is 2.14. The second-order valence-electron chi connectivity index (χ2n) is 13.8. The first-order chi connectivity index (χ1) is 26.5. The first-order valence-corrected chi connectivity index (χ1v) is 19.1. The highest BCUT2D eigenvalue weighted by atomic mass is 32.1. The molecule has 0 spiro atoms. The summed E-state index contributed by atoms with van der Waals surface area (Å²) in [6.45, 7) is 13.1. The van der Waals surface area contributed by atoms with Crippen molar-refractivity contribution in [2.45, 2.75) is 13.8 Å². The highest BCUT2D eigenvalue weighted by Crippen LogP contribution is 2.42. The summed E-state index contributed by atoms with van der Waals surface area (Å²) in [5, 5.41) is 11.7. The molecule has 0 saturated carbocycles. The van der Waals surface area contributed by atoms with Gasteiger partial charge in [-0.1, -0.05) is 141 Å². The summed E-state index contributed by atoms with van der Waals surface area (Å²) < 4.78 is 8.83. The van der Waals surface area contributed by atoms with E-state index in [2.05, 4.69) is 173 Å². The molecular weight excluding hydrogens is 673 g/mol. The van der Waals surface area contributed by atoms with E-state index >= 15 is 0 Å². The van der Waals surface area contributed by atoms with Gasteiger partial charge in [-0.2, -0.15) is 0 Å². The van der Waals surface area contributed by atoms with Crippen LogP contribution in [0.15, 0.2) is 175 Å². The first-order valence-electron chi connectivity index (χ1n) is 18.3. The van der Waals surface area contributed by atoms with E-state index in [1.54, 1.807) is 0 Å². The number of fused-ring (bicyclic) bond motifs is 9. The Hall–Kier alpha value is -6.48. The molecule has 0 bridgehead atoms. The summed E-state index contributed by atoms with van der Waals surface area (Å²) in [7, 11) is 0. The minimum atomic E-state index is 0.924. The van der Waals surface area contributed by atoms with Gasteiger partial charge in [-0.25, -0.2) is 0 Å². The van der Waals surface area contributed by atoms with Crippen LogP contribution in [0.5, 0.6) is 0 Å². The molecule has 0 fully saturated rings. The summed E-state index contributed by atoms with van der Waals surface area (Å²) in [5.74, 6) is 0. The number of hydrogen-bond acceptors (Lipinski definition) is 2. The van der Waals surface area contributed by atoms with E-state index in [-0.39, 0.29) is 0 Å². The molecule has 0 unspecified atom stereocenters. The predicted octanol–water partition coefficient (Wildman–Crippen LogP) is 13.8. The molecule has 258 valence electrons. The van der Waals surface area contributed by atoms with Gasteiger partial charge < -0.3 is 4.42 Å². The Labute approximate surface area is 318 Å². The molecule has 0 radical (unpaired) electrons. The van der Waals surface area contributed by atoms with E-state index in [1.165, 1.54) is 53.0 Å². The molecule has 2 heterocycles. The molecule has 0 N–H and O–H groups in total. The summed E-state index contributed by atoms with van der Waals surface area (Å²) in [6, 6.07) is 53.9. The summed E-state index contributed by atoms with van der Waals surface area (Å²) in [4.78, 5) is 0.